The third kappa shape index (κ3) is 2.89. The molecule has 0 unspecified atom stereocenters. The van der Waals surface area contributed by atoms with Gasteiger partial charge in [-0.2, -0.15) is 0 Å². The third-order valence-electron chi connectivity index (χ3n) is 7.26. The standard InChI is InChI=1S/C32H21N3OS/c1-18-14-17-26(29-28(18)22-8-3-6-13-27(22)36-29)35-25-12-5-4-11-24(25)34-31(35)23-10-7-9-20-21-16-15-19(2)33-32(21)37-30(20)23/h3-17H,1-2H3. The Morgan fingerprint density at radius 3 is 2.51 bits per heavy atom. The van der Waals surface area contributed by atoms with Gasteiger partial charge in [0.2, 0.25) is 0 Å². The molecule has 4 aromatic heterocycles. The van der Waals surface area contributed by atoms with Crippen LogP contribution in [0.5, 0.6) is 0 Å². The number of hydrogen-bond acceptors (Lipinski definition) is 4. The Kier molecular flexibility index (Phi) is 4.20. The number of fused-ring (bicyclic) bond motifs is 7. The highest BCUT2D eigenvalue weighted by atomic mass is 32.1. The summed E-state index contributed by atoms with van der Waals surface area (Å²) in [6.45, 7) is 4.19. The fourth-order valence-corrected chi connectivity index (χ4v) is 6.78. The van der Waals surface area contributed by atoms with Crippen LogP contribution in [0.1, 0.15) is 11.3 Å². The van der Waals surface area contributed by atoms with E-state index in [1.165, 1.54) is 21.0 Å². The highest BCUT2D eigenvalue weighted by Crippen LogP contribution is 2.42. The van der Waals surface area contributed by atoms with E-state index in [0.29, 0.717) is 0 Å². The Balaban J connectivity index is 1.51. The first kappa shape index (κ1) is 20.7. The van der Waals surface area contributed by atoms with Gasteiger partial charge < -0.3 is 4.42 Å². The smallest absolute Gasteiger partial charge is 0.159 e. The van der Waals surface area contributed by atoms with Gasteiger partial charge in [-0.1, -0.05) is 48.5 Å². The number of thiophene rings is 1. The van der Waals surface area contributed by atoms with Crippen LogP contribution in [-0.4, -0.2) is 14.5 Å². The van der Waals surface area contributed by atoms with E-state index in [1.807, 2.05) is 25.1 Å². The molecule has 4 nitrogen and oxygen atoms in total. The van der Waals surface area contributed by atoms with Crippen LogP contribution in [0, 0.1) is 13.8 Å². The molecule has 0 aliphatic heterocycles. The second-order valence-corrected chi connectivity index (χ2v) is 10.6. The lowest BCUT2D eigenvalue weighted by atomic mass is 10.1. The minimum absolute atomic E-state index is 0.881. The number of pyridine rings is 1. The molecule has 5 heteroatoms. The van der Waals surface area contributed by atoms with Crippen molar-refractivity contribution in [1.29, 1.82) is 0 Å². The van der Waals surface area contributed by atoms with Crippen molar-refractivity contribution in [3.63, 3.8) is 0 Å². The lowest BCUT2D eigenvalue weighted by molar-refractivity contribution is 0.666. The molecule has 8 aromatic rings. The molecule has 0 fully saturated rings. The van der Waals surface area contributed by atoms with E-state index in [0.717, 1.165) is 60.6 Å². The Hall–Kier alpha value is -4.48. The van der Waals surface area contributed by atoms with Crippen LogP contribution in [0.25, 0.3) is 70.3 Å². The SMILES string of the molecule is Cc1ccc2c(n1)sc1c(-c3nc4ccccc4n3-c3ccc(C)c4c3oc3ccccc34)cccc12. The topological polar surface area (TPSA) is 43.9 Å². The van der Waals surface area contributed by atoms with E-state index in [-0.39, 0.29) is 0 Å². The maximum atomic E-state index is 6.52. The van der Waals surface area contributed by atoms with Crippen molar-refractivity contribution in [2.24, 2.45) is 0 Å². The van der Waals surface area contributed by atoms with Crippen molar-refractivity contribution < 1.29 is 4.42 Å². The number of rotatable bonds is 2. The highest BCUT2D eigenvalue weighted by molar-refractivity contribution is 7.26. The lowest BCUT2D eigenvalue weighted by Crippen LogP contribution is -1.99. The Morgan fingerprint density at radius 2 is 1.57 bits per heavy atom. The molecular weight excluding hydrogens is 474 g/mol. The van der Waals surface area contributed by atoms with Gasteiger partial charge in [-0.15, -0.1) is 11.3 Å². The predicted molar refractivity (Wildman–Crippen MR) is 154 cm³/mol. The zero-order chi connectivity index (χ0) is 24.7. The van der Waals surface area contributed by atoms with E-state index < -0.39 is 0 Å². The maximum absolute atomic E-state index is 6.52. The predicted octanol–water partition coefficient (Wildman–Crippen LogP) is 8.97. The number of benzene rings is 4. The van der Waals surface area contributed by atoms with Crippen LogP contribution in [0.4, 0.5) is 0 Å². The molecule has 0 radical (unpaired) electrons. The molecule has 4 heterocycles. The van der Waals surface area contributed by atoms with Gasteiger partial charge in [0.1, 0.15) is 16.2 Å². The van der Waals surface area contributed by atoms with Crippen molar-refractivity contribution in [1.82, 2.24) is 14.5 Å². The number of aromatic nitrogens is 3. The first-order valence-electron chi connectivity index (χ1n) is 12.4. The summed E-state index contributed by atoms with van der Waals surface area (Å²) in [5, 5.41) is 4.68. The number of aryl methyl sites for hydroxylation is 2. The monoisotopic (exact) mass is 495 g/mol. The van der Waals surface area contributed by atoms with Gasteiger partial charge in [0.25, 0.3) is 0 Å². The zero-order valence-electron chi connectivity index (χ0n) is 20.3. The van der Waals surface area contributed by atoms with Gasteiger partial charge in [0.15, 0.2) is 5.58 Å². The van der Waals surface area contributed by atoms with Crippen LogP contribution in [0.15, 0.2) is 95.4 Å². The zero-order valence-corrected chi connectivity index (χ0v) is 21.1. The summed E-state index contributed by atoms with van der Waals surface area (Å²) < 4.78 is 9.98. The lowest BCUT2D eigenvalue weighted by Gasteiger charge is -2.12. The normalized spacial score (nSPS) is 12.1. The summed E-state index contributed by atoms with van der Waals surface area (Å²) >= 11 is 1.73. The van der Waals surface area contributed by atoms with Crippen molar-refractivity contribution in [3.8, 4) is 17.1 Å². The van der Waals surface area contributed by atoms with Gasteiger partial charge in [-0.3, -0.25) is 4.57 Å². The Bertz CT molecular complexity index is 2180. The van der Waals surface area contributed by atoms with Crippen LogP contribution >= 0.6 is 11.3 Å². The van der Waals surface area contributed by atoms with E-state index in [2.05, 4.69) is 84.3 Å². The molecule has 0 saturated heterocycles. The van der Waals surface area contributed by atoms with Gasteiger partial charge in [-0.25, -0.2) is 9.97 Å². The van der Waals surface area contributed by atoms with Crippen LogP contribution < -0.4 is 0 Å². The average Bonchev–Trinajstić information content (AvgIpc) is 3.60. The second-order valence-electron chi connectivity index (χ2n) is 9.55. The summed E-state index contributed by atoms with van der Waals surface area (Å²) in [6, 6.07) is 31.7. The molecule has 0 aliphatic carbocycles. The first-order chi connectivity index (χ1) is 18.2. The summed E-state index contributed by atoms with van der Waals surface area (Å²) in [5.41, 5.74) is 8.09. The summed E-state index contributed by atoms with van der Waals surface area (Å²) in [6.07, 6.45) is 0. The number of hydrogen-bond donors (Lipinski definition) is 0. The summed E-state index contributed by atoms with van der Waals surface area (Å²) in [5.74, 6) is 0.903. The van der Waals surface area contributed by atoms with Gasteiger partial charge in [0, 0.05) is 37.5 Å². The molecule has 0 atom stereocenters. The van der Waals surface area contributed by atoms with E-state index >= 15 is 0 Å². The minimum Gasteiger partial charge on any atom is -0.454 e. The number of furan rings is 1. The maximum Gasteiger partial charge on any atom is 0.159 e. The molecule has 0 N–H and O–H groups in total. The minimum atomic E-state index is 0.881. The number of nitrogens with zero attached hydrogens (tertiary/aromatic N) is 3. The van der Waals surface area contributed by atoms with E-state index in [1.54, 1.807) is 11.3 Å². The quantitative estimate of drug-likeness (QED) is 0.240. The molecule has 8 rings (SSSR count). The molecule has 176 valence electrons. The molecule has 0 aliphatic rings. The largest absolute Gasteiger partial charge is 0.454 e. The van der Waals surface area contributed by atoms with E-state index in [4.69, 9.17) is 14.4 Å². The summed E-state index contributed by atoms with van der Waals surface area (Å²) in [7, 11) is 0. The third-order valence-corrected chi connectivity index (χ3v) is 8.41. The first-order valence-corrected chi connectivity index (χ1v) is 13.2. The van der Waals surface area contributed by atoms with Crippen LogP contribution in [-0.2, 0) is 0 Å². The summed E-state index contributed by atoms with van der Waals surface area (Å²) in [4.78, 5) is 11.1. The van der Waals surface area contributed by atoms with Crippen molar-refractivity contribution in [3.05, 3.63) is 102 Å². The van der Waals surface area contributed by atoms with Crippen molar-refractivity contribution in [2.75, 3.05) is 0 Å². The van der Waals surface area contributed by atoms with Gasteiger partial charge in [-0.05, 0) is 61.9 Å². The molecule has 4 aromatic carbocycles. The Labute approximate surface area is 216 Å². The van der Waals surface area contributed by atoms with Crippen LogP contribution in [0.3, 0.4) is 0 Å². The molecule has 0 spiro atoms. The van der Waals surface area contributed by atoms with E-state index in [9.17, 15) is 0 Å². The van der Waals surface area contributed by atoms with Gasteiger partial charge in [0.05, 0.1) is 16.7 Å². The average molecular weight is 496 g/mol. The van der Waals surface area contributed by atoms with Crippen molar-refractivity contribution >= 4 is 64.6 Å². The highest BCUT2D eigenvalue weighted by Gasteiger charge is 2.22. The van der Waals surface area contributed by atoms with Crippen LogP contribution in [0.2, 0.25) is 0 Å². The van der Waals surface area contributed by atoms with Gasteiger partial charge >= 0.3 is 0 Å². The molecule has 0 amide bonds. The Morgan fingerprint density at radius 1 is 0.730 bits per heavy atom. The molecular formula is C32H21N3OS. The van der Waals surface area contributed by atoms with Crippen molar-refractivity contribution in [2.45, 2.75) is 13.8 Å². The molecule has 0 saturated carbocycles. The number of imidazole rings is 1. The fraction of sp³-hybridized carbons (Fsp3) is 0.0625. The second kappa shape index (κ2) is 7.51. The molecule has 37 heavy (non-hydrogen) atoms. The fourth-order valence-electron chi connectivity index (χ4n) is 5.55. The number of para-hydroxylation sites is 3. The molecule has 0 bridgehead atoms.